The van der Waals surface area contributed by atoms with Gasteiger partial charge in [0.1, 0.15) is 5.60 Å². The van der Waals surface area contributed by atoms with E-state index in [4.69, 9.17) is 10.00 Å². The van der Waals surface area contributed by atoms with Gasteiger partial charge < -0.3 is 14.5 Å². The number of amides is 1. The summed E-state index contributed by atoms with van der Waals surface area (Å²) >= 11 is 0. The molecule has 5 heteroatoms. The topological polar surface area (TPSA) is 56.6 Å². The highest BCUT2D eigenvalue weighted by atomic mass is 16.6. The molecule has 1 amide bonds. The Kier molecular flexibility index (Phi) is 4.23. The number of hydrogen-bond donors (Lipinski definition) is 0. The number of nitrogens with zero attached hydrogens (tertiary/aromatic N) is 3. The molecule has 0 aromatic rings. The first kappa shape index (κ1) is 14.4. The first-order chi connectivity index (χ1) is 8.23. The van der Waals surface area contributed by atoms with Crippen LogP contribution in [0.15, 0.2) is 11.8 Å². The SMILES string of the molecule is CN(C)/C=C(\C#N)C1CN(C(=O)OC(C)(C)C)C1. The summed E-state index contributed by atoms with van der Waals surface area (Å²) in [7, 11) is 3.75. The van der Waals surface area contributed by atoms with E-state index in [0.717, 1.165) is 0 Å². The van der Waals surface area contributed by atoms with Crippen LogP contribution in [0.2, 0.25) is 0 Å². The van der Waals surface area contributed by atoms with Gasteiger partial charge in [0.05, 0.1) is 11.6 Å². The quantitative estimate of drug-likeness (QED) is 0.702. The fraction of sp³-hybridized carbons (Fsp3) is 0.692. The van der Waals surface area contributed by atoms with Gasteiger partial charge in [0.2, 0.25) is 0 Å². The molecule has 0 spiro atoms. The van der Waals surface area contributed by atoms with Crippen molar-refractivity contribution in [2.75, 3.05) is 27.2 Å². The number of ether oxygens (including phenoxy) is 1. The van der Waals surface area contributed by atoms with E-state index in [2.05, 4.69) is 6.07 Å². The van der Waals surface area contributed by atoms with Gasteiger partial charge in [0.25, 0.3) is 0 Å². The normalized spacial score (nSPS) is 16.9. The second-order valence-electron chi connectivity index (χ2n) is 5.74. The van der Waals surface area contributed by atoms with E-state index in [-0.39, 0.29) is 12.0 Å². The second kappa shape index (κ2) is 5.30. The molecule has 1 rings (SSSR count). The summed E-state index contributed by atoms with van der Waals surface area (Å²) in [5.41, 5.74) is 0.236. The summed E-state index contributed by atoms with van der Waals surface area (Å²) in [5, 5.41) is 9.04. The third kappa shape index (κ3) is 3.95. The van der Waals surface area contributed by atoms with Gasteiger partial charge in [-0.2, -0.15) is 5.26 Å². The van der Waals surface area contributed by atoms with E-state index in [9.17, 15) is 4.79 Å². The zero-order valence-electron chi connectivity index (χ0n) is 11.7. The maximum Gasteiger partial charge on any atom is 0.410 e. The fourth-order valence-electron chi connectivity index (χ4n) is 1.65. The molecule has 1 aliphatic rings. The van der Waals surface area contributed by atoms with Gasteiger partial charge in [-0.3, -0.25) is 0 Å². The number of rotatable bonds is 2. The Morgan fingerprint density at radius 3 is 2.39 bits per heavy atom. The molecule has 1 aliphatic heterocycles. The van der Waals surface area contributed by atoms with Gasteiger partial charge in [0.15, 0.2) is 0 Å². The molecule has 0 atom stereocenters. The van der Waals surface area contributed by atoms with Crippen LogP contribution in [0.5, 0.6) is 0 Å². The number of nitriles is 1. The lowest BCUT2D eigenvalue weighted by Gasteiger charge is -2.39. The summed E-state index contributed by atoms with van der Waals surface area (Å²) in [6.07, 6.45) is 1.50. The Balaban J connectivity index is 2.49. The molecule has 18 heavy (non-hydrogen) atoms. The molecule has 0 aromatic carbocycles. The first-order valence-electron chi connectivity index (χ1n) is 5.99. The van der Waals surface area contributed by atoms with Crippen LogP contribution in [-0.2, 0) is 4.74 Å². The minimum Gasteiger partial charge on any atom is -0.444 e. The predicted octanol–water partition coefficient (Wildman–Crippen LogP) is 1.82. The van der Waals surface area contributed by atoms with Gasteiger partial charge in [-0.05, 0) is 20.8 Å². The minimum atomic E-state index is -0.473. The number of carbonyl (C=O) groups excluding carboxylic acids is 1. The average molecular weight is 251 g/mol. The first-order valence-corrected chi connectivity index (χ1v) is 5.99. The van der Waals surface area contributed by atoms with Gasteiger partial charge in [-0.25, -0.2) is 4.79 Å². The zero-order chi connectivity index (χ0) is 13.9. The summed E-state index contributed by atoms with van der Waals surface area (Å²) in [6, 6.07) is 2.18. The summed E-state index contributed by atoms with van der Waals surface area (Å²) in [4.78, 5) is 15.2. The van der Waals surface area contributed by atoms with Gasteiger partial charge in [0, 0.05) is 39.3 Å². The Labute approximate surface area is 109 Å². The van der Waals surface area contributed by atoms with Crippen molar-refractivity contribution >= 4 is 6.09 Å². The highest BCUT2D eigenvalue weighted by Gasteiger charge is 2.35. The van der Waals surface area contributed by atoms with Crippen LogP contribution in [0, 0.1) is 17.2 Å². The Morgan fingerprint density at radius 1 is 1.44 bits per heavy atom. The minimum absolute atomic E-state index is 0.130. The molecule has 100 valence electrons. The number of carbonyl (C=O) groups is 1. The molecule has 0 saturated carbocycles. The summed E-state index contributed by atoms with van der Waals surface area (Å²) in [6.45, 7) is 6.64. The highest BCUT2D eigenvalue weighted by Crippen LogP contribution is 2.25. The van der Waals surface area contributed by atoms with Gasteiger partial charge in [-0.15, -0.1) is 0 Å². The van der Waals surface area contributed by atoms with Crippen LogP contribution in [0.25, 0.3) is 0 Å². The van der Waals surface area contributed by atoms with Crippen molar-refractivity contribution in [3.63, 3.8) is 0 Å². The smallest absolute Gasteiger partial charge is 0.410 e. The van der Waals surface area contributed by atoms with Crippen molar-refractivity contribution in [2.45, 2.75) is 26.4 Å². The van der Waals surface area contributed by atoms with Crippen LogP contribution in [0.3, 0.4) is 0 Å². The molecule has 1 saturated heterocycles. The maximum atomic E-state index is 11.7. The Bertz CT molecular complexity index is 382. The largest absolute Gasteiger partial charge is 0.444 e. The monoisotopic (exact) mass is 251 g/mol. The van der Waals surface area contributed by atoms with Crippen molar-refractivity contribution in [1.82, 2.24) is 9.80 Å². The molecule has 1 fully saturated rings. The van der Waals surface area contributed by atoms with E-state index in [0.29, 0.717) is 18.7 Å². The lowest BCUT2D eigenvalue weighted by atomic mass is 9.93. The van der Waals surface area contributed by atoms with Crippen LogP contribution < -0.4 is 0 Å². The third-order valence-corrected chi connectivity index (χ3v) is 2.50. The number of likely N-dealkylation sites (tertiary alicyclic amines) is 1. The lowest BCUT2D eigenvalue weighted by Crippen LogP contribution is -2.52. The second-order valence-corrected chi connectivity index (χ2v) is 5.74. The molecule has 0 bridgehead atoms. The van der Waals surface area contributed by atoms with Crippen molar-refractivity contribution in [3.8, 4) is 6.07 Å². The average Bonchev–Trinajstić information content (AvgIpc) is 2.09. The molecule has 0 unspecified atom stereocenters. The van der Waals surface area contributed by atoms with Crippen LogP contribution in [0.4, 0.5) is 4.79 Å². The van der Waals surface area contributed by atoms with Crippen LogP contribution >= 0.6 is 0 Å². The molecule has 0 radical (unpaired) electrons. The van der Waals surface area contributed by atoms with Crippen LogP contribution in [-0.4, -0.2) is 48.7 Å². The summed E-state index contributed by atoms with van der Waals surface area (Å²) < 4.78 is 5.26. The lowest BCUT2D eigenvalue weighted by molar-refractivity contribution is 0.00402. The van der Waals surface area contributed by atoms with E-state index in [1.807, 2.05) is 39.8 Å². The Morgan fingerprint density at radius 2 is 2.00 bits per heavy atom. The summed E-state index contributed by atoms with van der Waals surface area (Å²) in [5.74, 6) is 0.130. The highest BCUT2D eigenvalue weighted by molar-refractivity contribution is 5.69. The number of hydrogen-bond acceptors (Lipinski definition) is 4. The van der Waals surface area contributed by atoms with E-state index in [1.165, 1.54) is 0 Å². The zero-order valence-corrected chi connectivity index (χ0v) is 11.7. The molecular formula is C13H21N3O2. The van der Waals surface area contributed by atoms with Crippen LogP contribution in [0.1, 0.15) is 20.8 Å². The molecule has 0 aliphatic carbocycles. The van der Waals surface area contributed by atoms with Crippen molar-refractivity contribution in [1.29, 1.82) is 5.26 Å². The van der Waals surface area contributed by atoms with E-state index < -0.39 is 5.60 Å². The van der Waals surface area contributed by atoms with Crippen molar-refractivity contribution < 1.29 is 9.53 Å². The molecule has 0 N–H and O–H groups in total. The van der Waals surface area contributed by atoms with Crippen molar-refractivity contribution in [2.24, 2.45) is 5.92 Å². The van der Waals surface area contributed by atoms with E-state index in [1.54, 1.807) is 11.1 Å². The molecular weight excluding hydrogens is 230 g/mol. The fourth-order valence-corrected chi connectivity index (χ4v) is 1.65. The standard InChI is InChI=1S/C13H21N3O2/c1-13(2,3)18-12(17)16-8-11(9-16)10(6-14)7-15(4)5/h7,11H,8-9H2,1-5H3/b10-7+. The van der Waals surface area contributed by atoms with Gasteiger partial charge >= 0.3 is 6.09 Å². The van der Waals surface area contributed by atoms with Crippen molar-refractivity contribution in [3.05, 3.63) is 11.8 Å². The predicted molar refractivity (Wildman–Crippen MR) is 68.7 cm³/mol. The van der Waals surface area contributed by atoms with Gasteiger partial charge in [-0.1, -0.05) is 0 Å². The van der Waals surface area contributed by atoms with E-state index >= 15 is 0 Å². The molecule has 0 aromatic heterocycles. The Hall–Kier alpha value is -1.70. The molecule has 1 heterocycles. The maximum absolute atomic E-state index is 11.7. The molecule has 5 nitrogen and oxygen atoms in total. The third-order valence-electron chi connectivity index (χ3n) is 2.50.